The minimum absolute atomic E-state index is 0.187. The van der Waals surface area contributed by atoms with Gasteiger partial charge >= 0.3 is 6.09 Å². The number of nitrogens with one attached hydrogen (secondary N) is 2. The van der Waals surface area contributed by atoms with E-state index in [2.05, 4.69) is 15.7 Å². The van der Waals surface area contributed by atoms with Crippen LogP contribution in [-0.2, 0) is 20.7 Å². The van der Waals surface area contributed by atoms with E-state index in [4.69, 9.17) is 9.47 Å². The second kappa shape index (κ2) is 12.1. The molecule has 39 heavy (non-hydrogen) atoms. The van der Waals surface area contributed by atoms with E-state index in [1.807, 2.05) is 45.0 Å². The van der Waals surface area contributed by atoms with Gasteiger partial charge in [-0.2, -0.15) is 5.10 Å². The predicted octanol–water partition coefficient (Wildman–Crippen LogP) is 4.51. The zero-order valence-electron chi connectivity index (χ0n) is 22.5. The third kappa shape index (κ3) is 7.66. The standard InChI is InChI=1S/C29H34N4O6/c1-29(2,3)39-28(37)31-21-9-11-22(12-10-21)38-16-6-4-5-7-19-8-13-23-20(17-19)18-30-33(27(23)36)24-14-15-25(34)32-26(24)35/h8-13,17-18,24H,4-7,14-16H2,1-3H3,(H,31,37)(H,32,34,35). The van der Waals surface area contributed by atoms with Crippen molar-refractivity contribution < 1.29 is 23.9 Å². The largest absolute Gasteiger partial charge is 0.494 e. The molecule has 0 spiro atoms. The van der Waals surface area contributed by atoms with Crippen LogP contribution in [0.5, 0.6) is 5.75 Å². The number of hydrogen-bond donors (Lipinski definition) is 2. The molecule has 1 aliphatic rings. The number of hydrogen-bond acceptors (Lipinski definition) is 7. The van der Waals surface area contributed by atoms with E-state index in [0.717, 1.165) is 42.4 Å². The Morgan fingerprint density at radius 2 is 1.85 bits per heavy atom. The summed E-state index contributed by atoms with van der Waals surface area (Å²) in [6.45, 7) is 6.02. The molecule has 2 aromatic carbocycles. The van der Waals surface area contributed by atoms with Crippen LogP contribution >= 0.6 is 0 Å². The molecule has 206 valence electrons. The van der Waals surface area contributed by atoms with E-state index in [9.17, 15) is 19.2 Å². The second-order valence-corrected chi connectivity index (χ2v) is 10.6. The van der Waals surface area contributed by atoms with Crippen molar-refractivity contribution in [1.82, 2.24) is 15.1 Å². The molecular formula is C29H34N4O6. The first-order chi connectivity index (χ1) is 18.6. The van der Waals surface area contributed by atoms with Crippen molar-refractivity contribution in [1.29, 1.82) is 0 Å². The maximum Gasteiger partial charge on any atom is 0.412 e. The number of amides is 3. The Labute approximate surface area is 226 Å². The minimum Gasteiger partial charge on any atom is -0.494 e. The van der Waals surface area contributed by atoms with Gasteiger partial charge in [0.1, 0.15) is 17.4 Å². The lowest BCUT2D eigenvalue weighted by molar-refractivity contribution is -0.136. The van der Waals surface area contributed by atoms with E-state index >= 15 is 0 Å². The first-order valence-corrected chi connectivity index (χ1v) is 13.2. The van der Waals surface area contributed by atoms with Crippen LogP contribution in [0.3, 0.4) is 0 Å². The Kier molecular flexibility index (Phi) is 8.63. The van der Waals surface area contributed by atoms with Crippen molar-refractivity contribution in [2.45, 2.75) is 70.9 Å². The molecule has 3 amide bonds. The number of aryl methyl sites for hydroxylation is 1. The number of nitrogens with zero attached hydrogens (tertiary/aromatic N) is 2. The molecule has 0 bridgehead atoms. The fourth-order valence-electron chi connectivity index (χ4n) is 4.36. The summed E-state index contributed by atoms with van der Waals surface area (Å²) in [5, 5.41) is 10.4. The quantitative estimate of drug-likeness (QED) is 0.305. The number of rotatable bonds is 9. The molecule has 1 aliphatic heterocycles. The van der Waals surface area contributed by atoms with Crippen molar-refractivity contribution in [3.05, 3.63) is 64.6 Å². The minimum atomic E-state index is -0.770. The van der Waals surface area contributed by atoms with E-state index < -0.39 is 23.6 Å². The maximum absolute atomic E-state index is 12.9. The zero-order valence-corrected chi connectivity index (χ0v) is 22.5. The molecule has 3 aromatic rings. The van der Waals surface area contributed by atoms with Gasteiger partial charge in [-0.25, -0.2) is 9.48 Å². The number of carbonyl (C=O) groups excluding carboxylic acids is 3. The van der Waals surface area contributed by atoms with Crippen molar-refractivity contribution in [3.8, 4) is 5.75 Å². The summed E-state index contributed by atoms with van der Waals surface area (Å²) < 4.78 is 12.2. The Balaban J connectivity index is 1.21. The predicted molar refractivity (Wildman–Crippen MR) is 147 cm³/mol. The Morgan fingerprint density at radius 3 is 2.56 bits per heavy atom. The number of piperidine rings is 1. The van der Waals surface area contributed by atoms with Gasteiger partial charge in [0.05, 0.1) is 18.2 Å². The van der Waals surface area contributed by atoms with E-state index in [1.165, 1.54) is 4.68 Å². The molecule has 1 atom stereocenters. The van der Waals surface area contributed by atoms with Crippen LogP contribution in [0.4, 0.5) is 10.5 Å². The van der Waals surface area contributed by atoms with Gasteiger partial charge in [0.2, 0.25) is 5.91 Å². The number of benzene rings is 2. The number of anilines is 1. The maximum atomic E-state index is 12.9. The van der Waals surface area contributed by atoms with Gasteiger partial charge in [0, 0.05) is 17.5 Å². The molecule has 0 radical (unpaired) electrons. The first-order valence-electron chi connectivity index (χ1n) is 13.2. The SMILES string of the molecule is CC(C)(C)OC(=O)Nc1ccc(OCCCCCc2ccc3c(=O)n(C4CCC(=O)NC4=O)ncc3c2)cc1. The Morgan fingerprint density at radius 1 is 1.08 bits per heavy atom. The molecule has 2 N–H and O–H groups in total. The average Bonchev–Trinajstić information content (AvgIpc) is 2.87. The number of aromatic nitrogens is 2. The van der Waals surface area contributed by atoms with Gasteiger partial charge in [-0.05, 0) is 94.8 Å². The highest BCUT2D eigenvalue weighted by Crippen LogP contribution is 2.20. The highest BCUT2D eigenvalue weighted by atomic mass is 16.6. The van der Waals surface area contributed by atoms with Gasteiger partial charge in [-0.15, -0.1) is 0 Å². The lowest BCUT2D eigenvalue weighted by Gasteiger charge is -2.21. The summed E-state index contributed by atoms with van der Waals surface area (Å²) in [5.74, 6) is -0.0904. The molecule has 0 aliphatic carbocycles. The van der Waals surface area contributed by atoms with Crippen molar-refractivity contribution in [3.63, 3.8) is 0 Å². The molecule has 1 aromatic heterocycles. The monoisotopic (exact) mass is 534 g/mol. The average molecular weight is 535 g/mol. The normalized spacial score (nSPS) is 15.6. The number of carbonyl (C=O) groups is 3. The van der Waals surface area contributed by atoms with Crippen LogP contribution in [0, 0.1) is 0 Å². The van der Waals surface area contributed by atoms with Crippen LogP contribution in [0.15, 0.2) is 53.5 Å². The Hall–Kier alpha value is -4.21. The summed E-state index contributed by atoms with van der Waals surface area (Å²) in [6, 6.07) is 12.1. The lowest BCUT2D eigenvalue weighted by atomic mass is 10.0. The second-order valence-electron chi connectivity index (χ2n) is 10.6. The van der Waals surface area contributed by atoms with E-state index in [1.54, 1.807) is 24.4 Å². The molecule has 0 saturated carbocycles. The highest BCUT2D eigenvalue weighted by Gasteiger charge is 2.29. The fraction of sp³-hybridized carbons (Fsp3) is 0.414. The Bertz CT molecular complexity index is 1410. The van der Waals surface area contributed by atoms with Crippen molar-refractivity contribution in [2.24, 2.45) is 0 Å². The van der Waals surface area contributed by atoms with E-state index in [0.29, 0.717) is 17.7 Å². The molecule has 4 rings (SSSR count). The molecule has 1 saturated heterocycles. The van der Waals surface area contributed by atoms with Crippen LogP contribution in [0.2, 0.25) is 0 Å². The summed E-state index contributed by atoms with van der Waals surface area (Å²) in [7, 11) is 0. The number of ether oxygens (including phenoxy) is 2. The fourth-order valence-corrected chi connectivity index (χ4v) is 4.36. The van der Waals surface area contributed by atoms with Gasteiger partial charge in [0.15, 0.2) is 0 Å². The number of unbranched alkanes of at least 4 members (excludes halogenated alkanes) is 2. The van der Waals surface area contributed by atoms with Gasteiger partial charge in [0.25, 0.3) is 11.5 Å². The zero-order chi connectivity index (χ0) is 28.0. The van der Waals surface area contributed by atoms with Crippen LogP contribution in [0.1, 0.15) is 64.5 Å². The smallest absolute Gasteiger partial charge is 0.412 e. The van der Waals surface area contributed by atoms with Crippen LogP contribution in [-0.4, -0.2) is 39.9 Å². The topological polar surface area (TPSA) is 129 Å². The summed E-state index contributed by atoms with van der Waals surface area (Å²) in [5.41, 5.74) is 0.856. The molecule has 2 heterocycles. The molecule has 10 nitrogen and oxygen atoms in total. The summed E-state index contributed by atoms with van der Waals surface area (Å²) in [4.78, 5) is 48.3. The highest BCUT2D eigenvalue weighted by molar-refractivity contribution is 5.99. The first kappa shape index (κ1) is 27.8. The molecule has 10 heteroatoms. The van der Waals surface area contributed by atoms with Crippen LogP contribution in [0.25, 0.3) is 10.8 Å². The summed E-state index contributed by atoms with van der Waals surface area (Å²) in [6.07, 6.45) is 5.25. The third-order valence-corrected chi connectivity index (χ3v) is 6.26. The molecule has 1 fully saturated rings. The number of imide groups is 1. The lowest BCUT2D eigenvalue weighted by Crippen LogP contribution is -2.45. The number of fused-ring (bicyclic) bond motifs is 1. The van der Waals surface area contributed by atoms with E-state index in [-0.39, 0.29) is 24.3 Å². The van der Waals surface area contributed by atoms with Crippen molar-refractivity contribution >= 4 is 34.4 Å². The molecule has 1 unspecified atom stereocenters. The third-order valence-electron chi connectivity index (χ3n) is 6.26. The van der Waals surface area contributed by atoms with Crippen molar-refractivity contribution in [2.75, 3.05) is 11.9 Å². The van der Waals surface area contributed by atoms with Crippen LogP contribution < -0.4 is 20.9 Å². The van der Waals surface area contributed by atoms with Gasteiger partial charge in [-0.3, -0.25) is 25.0 Å². The van der Waals surface area contributed by atoms with Gasteiger partial charge < -0.3 is 9.47 Å². The summed E-state index contributed by atoms with van der Waals surface area (Å²) >= 11 is 0. The molecular weight excluding hydrogens is 500 g/mol. The van der Waals surface area contributed by atoms with Gasteiger partial charge in [-0.1, -0.05) is 6.07 Å².